The lowest BCUT2D eigenvalue weighted by molar-refractivity contribution is 0.597. The van der Waals surface area contributed by atoms with Crippen LogP contribution in [-0.2, 0) is 9.84 Å². The Balaban J connectivity index is 2.66. The maximum absolute atomic E-state index is 11.7. The van der Waals surface area contributed by atoms with Gasteiger partial charge in [-0.3, -0.25) is 0 Å². The van der Waals surface area contributed by atoms with Crippen LogP contribution in [0.3, 0.4) is 0 Å². The number of benzene rings is 1. The van der Waals surface area contributed by atoms with Gasteiger partial charge in [-0.05, 0) is 49.6 Å². The van der Waals surface area contributed by atoms with E-state index < -0.39 is 9.84 Å². The Kier molecular flexibility index (Phi) is 6.02. The standard InChI is InChI=1S/C13H21NO2S2/c1-4-18(15,16)13-7-5-12(6-8-13)14-11(2)9-10-17-3/h5-8,11,14H,4,9-10H2,1-3H3. The highest BCUT2D eigenvalue weighted by Crippen LogP contribution is 2.16. The fourth-order valence-corrected chi connectivity index (χ4v) is 3.05. The summed E-state index contributed by atoms with van der Waals surface area (Å²) in [5.41, 5.74) is 0.971. The quantitative estimate of drug-likeness (QED) is 0.837. The summed E-state index contributed by atoms with van der Waals surface area (Å²) in [6, 6.07) is 7.40. The van der Waals surface area contributed by atoms with E-state index in [2.05, 4.69) is 18.5 Å². The van der Waals surface area contributed by atoms with Gasteiger partial charge < -0.3 is 5.32 Å². The normalized spacial score (nSPS) is 13.3. The Hall–Kier alpha value is -0.680. The van der Waals surface area contributed by atoms with Crippen LogP contribution in [0.25, 0.3) is 0 Å². The lowest BCUT2D eigenvalue weighted by Crippen LogP contribution is -2.15. The molecule has 1 N–H and O–H groups in total. The number of sulfone groups is 1. The third kappa shape index (κ3) is 4.53. The number of anilines is 1. The lowest BCUT2D eigenvalue weighted by Gasteiger charge is -2.14. The van der Waals surface area contributed by atoms with E-state index in [0.717, 1.165) is 17.9 Å². The Bertz CT molecular complexity index is 454. The van der Waals surface area contributed by atoms with Crippen LogP contribution in [0.2, 0.25) is 0 Å². The van der Waals surface area contributed by atoms with Crippen LogP contribution in [0.15, 0.2) is 29.2 Å². The van der Waals surface area contributed by atoms with E-state index in [1.165, 1.54) is 0 Å². The summed E-state index contributed by atoms with van der Waals surface area (Å²) < 4.78 is 23.3. The monoisotopic (exact) mass is 287 g/mol. The number of nitrogens with one attached hydrogen (secondary N) is 1. The zero-order chi connectivity index (χ0) is 13.6. The molecule has 18 heavy (non-hydrogen) atoms. The number of rotatable bonds is 7. The first-order valence-electron chi connectivity index (χ1n) is 6.08. The molecule has 0 aliphatic rings. The summed E-state index contributed by atoms with van der Waals surface area (Å²) in [4.78, 5) is 0.396. The van der Waals surface area contributed by atoms with Crippen molar-refractivity contribution in [1.82, 2.24) is 0 Å². The minimum absolute atomic E-state index is 0.143. The molecule has 0 fully saturated rings. The van der Waals surface area contributed by atoms with Crippen LogP contribution in [0.1, 0.15) is 20.3 Å². The predicted octanol–water partition coefficient (Wildman–Crippen LogP) is 3.03. The molecule has 0 aliphatic carbocycles. The van der Waals surface area contributed by atoms with E-state index in [1.807, 2.05) is 23.9 Å². The van der Waals surface area contributed by atoms with Crippen molar-refractivity contribution in [1.29, 1.82) is 0 Å². The summed E-state index contributed by atoms with van der Waals surface area (Å²) in [6.45, 7) is 3.79. The van der Waals surface area contributed by atoms with E-state index in [0.29, 0.717) is 10.9 Å². The molecule has 1 unspecified atom stereocenters. The first kappa shape index (κ1) is 15.4. The van der Waals surface area contributed by atoms with Crippen LogP contribution >= 0.6 is 11.8 Å². The van der Waals surface area contributed by atoms with Crippen LogP contribution in [0.5, 0.6) is 0 Å². The van der Waals surface area contributed by atoms with Gasteiger partial charge in [-0.2, -0.15) is 11.8 Å². The zero-order valence-corrected chi connectivity index (χ0v) is 12.8. The number of hydrogen-bond donors (Lipinski definition) is 1. The zero-order valence-electron chi connectivity index (χ0n) is 11.1. The van der Waals surface area contributed by atoms with Crippen molar-refractivity contribution in [2.24, 2.45) is 0 Å². The van der Waals surface area contributed by atoms with Gasteiger partial charge in [-0.1, -0.05) is 6.92 Å². The SMILES string of the molecule is CCS(=O)(=O)c1ccc(NC(C)CCSC)cc1. The van der Waals surface area contributed by atoms with Crippen LogP contribution < -0.4 is 5.32 Å². The molecular weight excluding hydrogens is 266 g/mol. The molecule has 0 radical (unpaired) electrons. The molecule has 0 saturated carbocycles. The second-order valence-corrected chi connectivity index (χ2v) is 7.52. The Morgan fingerprint density at radius 3 is 2.39 bits per heavy atom. The molecule has 0 saturated heterocycles. The largest absolute Gasteiger partial charge is 0.383 e. The number of thioether (sulfide) groups is 1. The summed E-state index contributed by atoms with van der Waals surface area (Å²) in [6.07, 6.45) is 3.19. The third-order valence-corrected chi connectivity index (χ3v) is 5.16. The van der Waals surface area contributed by atoms with Gasteiger partial charge in [0.05, 0.1) is 10.6 Å². The molecule has 0 spiro atoms. The van der Waals surface area contributed by atoms with Gasteiger partial charge in [0.1, 0.15) is 0 Å². The van der Waals surface area contributed by atoms with Gasteiger partial charge in [0.2, 0.25) is 0 Å². The summed E-state index contributed by atoms with van der Waals surface area (Å²) >= 11 is 1.83. The van der Waals surface area contributed by atoms with Crippen molar-refractivity contribution in [3.05, 3.63) is 24.3 Å². The minimum atomic E-state index is -3.09. The molecule has 1 rings (SSSR count). The van der Waals surface area contributed by atoms with Gasteiger partial charge >= 0.3 is 0 Å². The predicted molar refractivity (Wildman–Crippen MR) is 80.3 cm³/mol. The molecule has 1 atom stereocenters. The van der Waals surface area contributed by atoms with Gasteiger partial charge in [-0.15, -0.1) is 0 Å². The molecule has 0 bridgehead atoms. The van der Waals surface area contributed by atoms with E-state index in [1.54, 1.807) is 19.1 Å². The molecule has 3 nitrogen and oxygen atoms in total. The van der Waals surface area contributed by atoms with Crippen molar-refractivity contribution in [3.63, 3.8) is 0 Å². The van der Waals surface area contributed by atoms with Crippen molar-refractivity contribution < 1.29 is 8.42 Å². The maximum Gasteiger partial charge on any atom is 0.178 e. The fourth-order valence-electron chi connectivity index (χ4n) is 1.58. The van der Waals surface area contributed by atoms with E-state index in [9.17, 15) is 8.42 Å². The molecule has 0 aromatic heterocycles. The summed E-state index contributed by atoms with van der Waals surface area (Å²) in [5.74, 6) is 1.26. The summed E-state index contributed by atoms with van der Waals surface area (Å²) in [7, 11) is -3.09. The van der Waals surface area contributed by atoms with E-state index >= 15 is 0 Å². The van der Waals surface area contributed by atoms with Gasteiger partial charge in [-0.25, -0.2) is 8.42 Å². The highest BCUT2D eigenvalue weighted by Gasteiger charge is 2.11. The second kappa shape index (κ2) is 7.04. The Morgan fingerprint density at radius 2 is 1.89 bits per heavy atom. The van der Waals surface area contributed by atoms with Crippen molar-refractivity contribution in [2.45, 2.75) is 31.2 Å². The Morgan fingerprint density at radius 1 is 1.28 bits per heavy atom. The van der Waals surface area contributed by atoms with Gasteiger partial charge in [0, 0.05) is 11.7 Å². The third-order valence-electron chi connectivity index (χ3n) is 2.76. The smallest absolute Gasteiger partial charge is 0.178 e. The average molecular weight is 287 g/mol. The number of hydrogen-bond acceptors (Lipinski definition) is 4. The van der Waals surface area contributed by atoms with Crippen LogP contribution in [0, 0.1) is 0 Å². The van der Waals surface area contributed by atoms with Crippen molar-refractivity contribution >= 4 is 27.3 Å². The summed E-state index contributed by atoms with van der Waals surface area (Å²) in [5, 5.41) is 3.37. The maximum atomic E-state index is 11.7. The molecule has 5 heteroatoms. The van der Waals surface area contributed by atoms with E-state index in [4.69, 9.17) is 0 Å². The molecule has 0 aliphatic heterocycles. The molecule has 1 aromatic carbocycles. The lowest BCUT2D eigenvalue weighted by atomic mass is 10.2. The van der Waals surface area contributed by atoms with Gasteiger partial charge in [0.25, 0.3) is 0 Å². The first-order valence-corrected chi connectivity index (χ1v) is 9.12. The molecule has 0 heterocycles. The van der Waals surface area contributed by atoms with Crippen LogP contribution in [-0.4, -0.2) is 32.2 Å². The highest BCUT2D eigenvalue weighted by atomic mass is 32.2. The first-order chi connectivity index (χ1) is 8.49. The van der Waals surface area contributed by atoms with Gasteiger partial charge in [0.15, 0.2) is 9.84 Å². The fraction of sp³-hybridized carbons (Fsp3) is 0.538. The van der Waals surface area contributed by atoms with E-state index in [-0.39, 0.29) is 5.75 Å². The molecular formula is C13H21NO2S2. The minimum Gasteiger partial charge on any atom is -0.383 e. The van der Waals surface area contributed by atoms with Crippen molar-refractivity contribution in [3.8, 4) is 0 Å². The highest BCUT2D eigenvalue weighted by molar-refractivity contribution is 7.98. The molecule has 0 amide bonds. The van der Waals surface area contributed by atoms with Crippen molar-refractivity contribution in [2.75, 3.05) is 23.1 Å². The average Bonchev–Trinajstić information content (AvgIpc) is 2.37. The molecule has 1 aromatic rings. The topological polar surface area (TPSA) is 46.2 Å². The molecule has 102 valence electrons. The Labute approximate surface area is 114 Å². The second-order valence-electron chi connectivity index (χ2n) is 4.25. The van der Waals surface area contributed by atoms with Crippen LogP contribution in [0.4, 0.5) is 5.69 Å².